The van der Waals surface area contributed by atoms with Gasteiger partial charge in [-0.05, 0) is 91.1 Å². The summed E-state index contributed by atoms with van der Waals surface area (Å²) in [6, 6.07) is 10.4. The zero-order valence-corrected chi connectivity index (χ0v) is 24.8. The molecule has 41 heavy (non-hydrogen) atoms. The van der Waals surface area contributed by atoms with Crippen LogP contribution in [0.4, 0.5) is 0 Å². The number of benzene rings is 2. The fraction of sp³-hybridized carbons (Fsp3) is 0.438. The van der Waals surface area contributed by atoms with E-state index < -0.39 is 5.97 Å². The molecule has 214 valence electrons. The Morgan fingerprint density at radius 1 is 1.27 bits per heavy atom. The molecule has 2 aromatic carbocycles. The van der Waals surface area contributed by atoms with Crippen molar-refractivity contribution in [1.29, 1.82) is 0 Å². The maximum Gasteiger partial charge on any atom is 0.304 e. The minimum absolute atomic E-state index is 0.0374. The minimum atomic E-state index is -0.849. The number of pyridine rings is 1. The molecule has 4 aromatic rings. The molecule has 0 bridgehead atoms. The molecule has 0 amide bonds. The van der Waals surface area contributed by atoms with Crippen LogP contribution in [0.2, 0.25) is 5.02 Å². The number of aliphatic carboxylic acids is 1. The first-order valence-electron chi connectivity index (χ1n) is 14.5. The van der Waals surface area contributed by atoms with E-state index in [9.17, 15) is 9.90 Å². The van der Waals surface area contributed by atoms with Gasteiger partial charge in [0.2, 0.25) is 0 Å². The molecule has 1 unspecified atom stereocenters. The van der Waals surface area contributed by atoms with Crippen LogP contribution in [0, 0.1) is 6.92 Å². The highest BCUT2D eigenvalue weighted by Crippen LogP contribution is 2.40. The fourth-order valence-corrected chi connectivity index (χ4v) is 7.03. The lowest BCUT2D eigenvalue weighted by Gasteiger charge is -2.30. The smallest absolute Gasteiger partial charge is 0.304 e. The number of hydrogen-bond donors (Lipinski definition) is 1. The number of fused-ring (bicyclic) bond motifs is 3. The summed E-state index contributed by atoms with van der Waals surface area (Å²) in [5.74, 6) is -0.350. The van der Waals surface area contributed by atoms with Gasteiger partial charge in [0.1, 0.15) is 22.9 Å². The summed E-state index contributed by atoms with van der Waals surface area (Å²) in [5.41, 5.74) is 9.21. The van der Waals surface area contributed by atoms with Crippen molar-refractivity contribution >= 4 is 28.6 Å². The molecule has 3 atom stereocenters. The Kier molecular flexibility index (Phi) is 7.47. The lowest BCUT2D eigenvalue weighted by molar-refractivity contribution is -0.137. The first kappa shape index (κ1) is 27.7. The first-order valence-corrected chi connectivity index (χ1v) is 14.8. The standard InChI is InChI=1S/C32H36ClN5O3/c1-5-23-17-38(19(3)31-28(41-23)10-7-11-34-31)16-22-13-21(12-20-8-6-9-24(20)22)26(15-29(39)40)25-14-27(33)32-30(18(25)2)35-36-37(32)4/h7,10-14,19,23,26H,5-6,8-9,15-17H2,1-4H3,(H,39,40)/t19-,23+,26?/m0/s1. The Morgan fingerprint density at radius 2 is 2.10 bits per heavy atom. The van der Waals surface area contributed by atoms with E-state index >= 15 is 0 Å². The second-order valence-electron chi connectivity index (χ2n) is 11.4. The Labute approximate surface area is 245 Å². The van der Waals surface area contributed by atoms with Crippen LogP contribution in [-0.2, 0) is 31.2 Å². The number of nitrogens with zero attached hydrogens (tertiary/aromatic N) is 5. The van der Waals surface area contributed by atoms with Crippen LogP contribution in [-0.4, -0.2) is 48.6 Å². The molecule has 6 rings (SSSR count). The Hall–Kier alpha value is -3.49. The Balaban J connectivity index is 1.44. The van der Waals surface area contributed by atoms with Gasteiger partial charge >= 0.3 is 5.97 Å². The van der Waals surface area contributed by atoms with Crippen LogP contribution in [0.1, 0.15) is 84.1 Å². The van der Waals surface area contributed by atoms with Gasteiger partial charge in [-0.2, -0.15) is 0 Å². The van der Waals surface area contributed by atoms with Gasteiger partial charge in [0.05, 0.1) is 23.2 Å². The van der Waals surface area contributed by atoms with E-state index in [4.69, 9.17) is 21.3 Å². The van der Waals surface area contributed by atoms with Crippen molar-refractivity contribution in [2.45, 2.75) is 77.5 Å². The van der Waals surface area contributed by atoms with Gasteiger partial charge in [-0.15, -0.1) is 5.10 Å². The minimum Gasteiger partial charge on any atom is -0.487 e. The van der Waals surface area contributed by atoms with E-state index in [1.165, 1.54) is 16.7 Å². The monoisotopic (exact) mass is 573 g/mol. The van der Waals surface area contributed by atoms with E-state index in [1.807, 2.05) is 38.4 Å². The van der Waals surface area contributed by atoms with Crippen molar-refractivity contribution < 1.29 is 14.6 Å². The number of hydrogen-bond acceptors (Lipinski definition) is 6. The molecule has 0 fully saturated rings. The number of ether oxygens (including phenoxy) is 1. The molecular weight excluding hydrogens is 538 g/mol. The van der Waals surface area contributed by atoms with Crippen LogP contribution >= 0.6 is 11.6 Å². The molecular formula is C32H36ClN5O3. The van der Waals surface area contributed by atoms with Crippen molar-refractivity contribution in [1.82, 2.24) is 24.9 Å². The summed E-state index contributed by atoms with van der Waals surface area (Å²) in [6.07, 6.45) is 5.91. The molecule has 3 heterocycles. The van der Waals surface area contributed by atoms with Crippen molar-refractivity contribution in [2.75, 3.05) is 6.54 Å². The van der Waals surface area contributed by atoms with Gasteiger partial charge in [-0.3, -0.25) is 14.7 Å². The van der Waals surface area contributed by atoms with Gasteiger partial charge in [0.15, 0.2) is 0 Å². The first-order chi connectivity index (χ1) is 19.7. The number of halogens is 1. The summed E-state index contributed by atoms with van der Waals surface area (Å²) in [4.78, 5) is 19.4. The zero-order chi connectivity index (χ0) is 28.8. The summed E-state index contributed by atoms with van der Waals surface area (Å²) in [7, 11) is 1.81. The molecule has 2 aliphatic rings. The van der Waals surface area contributed by atoms with Crippen LogP contribution < -0.4 is 4.74 Å². The highest BCUT2D eigenvalue weighted by molar-refractivity contribution is 6.35. The van der Waals surface area contributed by atoms with Crippen molar-refractivity contribution in [3.63, 3.8) is 0 Å². The van der Waals surface area contributed by atoms with E-state index in [-0.39, 0.29) is 24.5 Å². The third kappa shape index (κ3) is 5.08. The highest BCUT2D eigenvalue weighted by atomic mass is 35.5. The Morgan fingerprint density at radius 3 is 2.88 bits per heavy atom. The third-order valence-corrected chi connectivity index (χ3v) is 9.20. The summed E-state index contributed by atoms with van der Waals surface area (Å²) in [6.45, 7) is 7.89. The summed E-state index contributed by atoms with van der Waals surface area (Å²) >= 11 is 6.73. The quantitative estimate of drug-likeness (QED) is 0.283. The number of carboxylic acids is 1. The molecule has 0 radical (unpaired) electrons. The predicted octanol–water partition coefficient (Wildman–Crippen LogP) is 6.15. The number of carbonyl (C=O) groups is 1. The van der Waals surface area contributed by atoms with Crippen molar-refractivity contribution in [2.24, 2.45) is 7.05 Å². The topological polar surface area (TPSA) is 93.4 Å². The van der Waals surface area contributed by atoms with Crippen LogP contribution in [0.15, 0.2) is 36.5 Å². The van der Waals surface area contributed by atoms with Gasteiger partial charge < -0.3 is 9.84 Å². The zero-order valence-electron chi connectivity index (χ0n) is 24.0. The molecule has 0 saturated carbocycles. The van der Waals surface area contributed by atoms with Gasteiger partial charge in [0.25, 0.3) is 0 Å². The van der Waals surface area contributed by atoms with Crippen molar-refractivity contribution in [3.8, 4) is 5.75 Å². The lowest BCUT2D eigenvalue weighted by Crippen LogP contribution is -2.34. The predicted molar refractivity (Wildman–Crippen MR) is 159 cm³/mol. The molecule has 1 N–H and O–H groups in total. The van der Waals surface area contributed by atoms with Crippen LogP contribution in [0.3, 0.4) is 0 Å². The SMILES string of the molecule is CC[C@@H]1CN(Cc2cc(C(CC(=O)O)c3cc(Cl)c4c(nnn4C)c3C)cc3c2CCC3)[C@@H](C)c2ncccc2O1. The number of aryl methyl sites for hydroxylation is 3. The van der Waals surface area contributed by atoms with Gasteiger partial charge in [-0.1, -0.05) is 35.9 Å². The average Bonchev–Trinajstić information content (AvgIpc) is 3.56. The second-order valence-corrected chi connectivity index (χ2v) is 11.9. The van der Waals surface area contributed by atoms with Gasteiger partial charge in [-0.25, -0.2) is 4.68 Å². The number of rotatable bonds is 7. The maximum atomic E-state index is 12.2. The maximum absolute atomic E-state index is 12.2. The van der Waals surface area contributed by atoms with Crippen LogP contribution in [0.5, 0.6) is 5.75 Å². The number of aromatic nitrogens is 4. The Bertz CT molecular complexity index is 1630. The molecule has 8 nitrogen and oxygen atoms in total. The molecule has 9 heteroatoms. The van der Waals surface area contributed by atoms with Crippen molar-refractivity contribution in [3.05, 3.63) is 80.6 Å². The largest absolute Gasteiger partial charge is 0.487 e. The highest BCUT2D eigenvalue weighted by Gasteiger charge is 2.31. The van der Waals surface area contributed by atoms with Gasteiger partial charge in [0, 0.05) is 32.3 Å². The molecule has 2 aromatic heterocycles. The van der Waals surface area contributed by atoms with E-state index in [0.717, 1.165) is 72.4 Å². The lowest BCUT2D eigenvalue weighted by atomic mass is 9.83. The normalized spacial score (nSPS) is 19.4. The van der Waals surface area contributed by atoms with E-state index in [1.54, 1.807) is 4.68 Å². The van der Waals surface area contributed by atoms with E-state index in [2.05, 4.69) is 41.2 Å². The fourth-order valence-electron chi connectivity index (χ4n) is 6.70. The number of carboxylic acid groups (broad SMARTS) is 1. The second kappa shape index (κ2) is 11.1. The average molecular weight is 574 g/mol. The molecule has 1 aliphatic carbocycles. The summed E-state index contributed by atoms with van der Waals surface area (Å²) in [5, 5.41) is 19.1. The molecule has 0 spiro atoms. The third-order valence-electron chi connectivity index (χ3n) is 8.91. The van der Waals surface area contributed by atoms with Crippen LogP contribution in [0.25, 0.3) is 11.0 Å². The molecule has 0 saturated heterocycles. The summed E-state index contributed by atoms with van der Waals surface area (Å²) < 4.78 is 8.03. The molecule has 1 aliphatic heterocycles. The van der Waals surface area contributed by atoms with E-state index in [0.29, 0.717) is 10.5 Å².